The minimum absolute atomic E-state index is 0.112. The number of aliphatic imine (C=N–C) groups is 1. The van der Waals surface area contributed by atoms with Crippen LogP contribution in [0.15, 0.2) is 15.5 Å². The van der Waals surface area contributed by atoms with Gasteiger partial charge in [-0.25, -0.2) is 9.79 Å². The zero-order chi connectivity index (χ0) is 12.8. The van der Waals surface area contributed by atoms with E-state index in [0.29, 0.717) is 33.4 Å². The number of hydrogen-bond donors (Lipinski definition) is 0. The van der Waals surface area contributed by atoms with E-state index < -0.39 is 0 Å². The second-order valence-electron chi connectivity index (χ2n) is 3.02. The van der Waals surface area contributed by atoms with Gasteiger partial charge >= 0.3 is 0 Å². The molecule has 0 unspecified atom stereocenters. The predicted molar refractivity (Wildman–Crippen MR) is 64.5 cm³/mol. The molecule has 0 spiro atoms. The first-order valence-corrected chi connectivity index (χ1v) is 5.41. The van der Waals surface area contributed by atoms with Gasteiger partial charge in [0.2, 0.25) is 6.08 Å². The van der Waals surface area contributed by atoms with Gasteiger partial charge in [-0.1, -0.05) is 0 Å². The Bertz CT molecular complexity index is 481. The van der Waals surface area contributed by atoms with Crippen LogP contribution in [0, 0.1) is 0 Å². The van der Waals surface area contributed by atoms with Crippen molar-refractivity contribution >= 4 is 28.3 Å². The molecule has 0 saturated heterocycles. The maximum atomic E-state index is 10.9. The SMILES string of the molecule is COc1c(CN=C=O)cc(Br)c(C=O)c1OC. The van der Waals surface area contributed by atoms with Crippen LogP contribution < -0.4 is 9.47 Å². The smallest absolute Gasteiger partial charge is 0.235 e. The fourth-order valence-electron chi connectivity index (χ4n) is 1.44. The third-order valence-electron chi connectivity index (χ3n) is 2.14. The second-order valence-corrected chi connectivity index (χ2v) is 3.88. The number of methoxy groups -OCH3 is 2. The zero-order valence-electron chi connectivity index (χ0n) is 9.32. The molecule has 0 bridgehead atoms. The number of hydrogen-bond acceptors (Lipinski definition) is 5. The van der Waals surface area contributed by atoms with Crippen molar-refractivity contribution in [3.63, 3.8) is 0 Å². The molecule has 0 aromatic heterocycles. The predicted octanol–water partition coefficient (Wildman–Crippen LogP) is 2.11. The Labute approximate surface area is 107 Å². The minimum atomic E-state index is 0.112. The maximum Gasteiger partial charge on any atom is 0.235 e. The number of carbonyl (C=O) groups is 1. The maximum absolute atomic E-state index is 10.9. The molecule has 0 aliphatic heterocycles. The molecule has 1 rings (SSSR count). The van der Waals surface area contributed by atoms with Gasteiger partial charge in [-0.3, -0.25) is 4.79 Å². The normalized spacial score (nSPS) is 9.35. The zero-order valence-corrected chi connectivity index (χ0v) is 10.9. The van der Waals surface area contributed by atoms with Gasteiger partial charge in [0.1, 0.15) is 0 Å². The lowest BCUT2D eigenvalue weighted by Crippen LogP contribution is -2.00. The molecule has 17 heavy (non-hydrogen) atoms. The summed E-state index contributed by atoms with van der Waals surface area (Å²) in [5, 5.41) is 0. The first-order valence-electron chi connectivity index (χ1n) is 4.61. The van der Waals surface area contributed by atoms with Crippen LogP contribution in [0.25, 0.3) is 0 Å². The van der Waals surface area contributed by atoms with Crippen molar-refractivity contribution in [2.75, 3.05) is 14.2 Å². The lowest BCUT2D eigenvalue weighted by molar-refractivity contribution is 0.111. The van der Waals surface area contributed by atoms with E-state index in [1.165, 1.54) is 20.3 Å². The number of benzene rings is 1. The summed E-state index contributed by atoms with van der Waals surface area (Å²) >= 11 is 3.25. The number of carbonyl (C=O) groups excluding carboxylic acids is 2. The number of rotatable bonds is 5. The van der Waals surface area contributed by atoms with Gasteiger partial charge in [0.25, 0.3) is 0 Å². The fraction of sp³-hybridized carbons (Fsp3) is 0.273. The quantitative estimate of drug-likeness (QED) is 0.474. The first-order chi connectivity index (χ1) is 8.19. The van der Waals surface area contributed by atoms with Gasteiger partial charge in [-0.2, -0.15) is 0 Å². The molecule has 0 aliphatic rings. The number of isocyanates is 1. The Hall–Kier alpha value is -1.65. The standard InChI is InChI=1S/C11H10BrNO4/c1-16-10-7(4-13-6-15)3-9(12)8(5-14)11(10)17-2/h3,5H,4H2,1-2H3. The van der Waals surface area contributed by atoms with Crippen LogP contribution in [0.5, 0.6) is 11.5 Å². The fourth-order valence-corrected chi connectivity index (χ4v) is 1.99. The van der Waals surface area contributed by atoms with Crippen molar-refractivity contribution in [1.29, 1.82) is 0 Å². The minimum Gasteiger partial charge on any atom is -0.492 e. The molecular weight excluding hydrogens is 290 g/mol. The van der Waals surface area contributed by atoms with Crippen molar-refractivity contribution in [2.24, 2.45) is 4.99 Å². The number of aldehydes is 1. The van der Waals surface area contributed by atoms with Gasteiger partial charge in [0.15, 0.2) is 17.8 Å². The first kappa shape index (κ1) is 13.4. The van der Waals surface area contributed by atoms with Crippen molar-refractivity contribution < 1.29 is 19.1 Å². The molecule has 5 nitrogen and oxygen atoms in total. The van der Waals surface area contributed by atoms with E-state index in [1.54, 1.807) is 6.07 Å². The molecule has 0 N–H and O–H groups in total. The molecular formula is C11H10BrNO4. The molecule has 0 atom stereocenters. The van der Waals surface area contributed by atoms with Crippen molar-refractivity contribution in [3.05, 3.63) is 21.7 Å². The van der Waals surface area contributed by atoms with Crippen LogP contribution >= 0.6 is 15.9 Å². The molecule has 6 heteroatoms. The largest absolute Gasteiger partial charge is 0.492 e. The van der Waals surface area contributed by atoms with Gasteiger partial charge in [-0.05, 0) is 22.0 Å². The highest BCUT2D eigenvalue weighted by Gasteiger charge is 2.18. The Morgan fingerprint density at radius 1 is 1.41 bits per heavy atom. The van der Waals surface area contributed by atoms with Gasteiger partial charge < -0.3 is 9.47 Å². The lowest BCUT2D eigenvalue weighted by atomic mass is 10.1. The summed E-state index contributed by atoms with van der Waals surface area (Å²) in [6.45, 7) is 0.112. The monoisotopic (exact) mass is 299 g/mol. The third-order valence-corrected chi connectivity index (χ3v) is 2.80. The van der Waals surface area contributed by atoms with Crippen LogP contribution in [-0.2, 0) is 11.3 Å². The van der Waals surface area contributed by atoms with Crippen LogP contribution in [0.1, 0.15) is 15.9 Å². The molecule has 0 radical (unpaired) electrons. The molecule has 0 fully saturated rings. The van der Waals surface area contributed by atoms with Crippen molar-refractivity contribution in [1.82, 2.24) is 0 Å². The Morgan fingerprint density at radius 2 is 2.06 bits per heavy atom. The summed E-state index contributed by atoms with van der Waals surface area (Å²) in [6.07, 6.45) is 2.11. The Kier molecular flexibility index (Phi) is 4.87. The second kappa shape index (κ2) is 6.18. The van der Waals surface area contributed by atoms with Crippen molar-refractivity contribution in [2.45, 2.75) is 6.54 Å². The molecule has 0 aliphatic carbocycles. The topological polar surface area (TPSA) is 65.0 Å². The summed E-state index contributed by atoms with van der Waals surface area (Å²) in [5.74, 6) is 0.699. The third kappa shape index (κ3) is 2.72. The Morgan fingerprint density at radius 3 is 2.53 bits per heavy atom. The number of ether oxygens (including phenoxy) is 2. The van der Waals surface area contributed by atoms with Crippen LogP contribution in [0.3, 0.4) is 0 Å². The molecule has 1 aromatic rings. The molecule has 0 heterocycles. The van der Waals surface area contributed by atoms with E-state index in [-0.39, 0.29) is 6.54 Å². The molecule has 0 amide bonds. The van der Waals surface area contributed by atoms with E-state index >= 15 is 0 Å². The van der Waals surface area contributed by atoms with Crippen LogP contribution in [0.2, 0.25) is 0 Å². The average molecular weight is 300 g/mol. The summed E-state index contributed by atoms with van der Waals surface area (Å²) < 4.78 is 10.9. The summed E-state index contributed by atoms with van der Waals surface area (Å²) in [7, 11) is 2.89. The molecule has 1 aromatic carbocycles. The Balaban J connectivity index is 3.46. The highest BCUT2D eigenvalue weighted by Crippen LogP contribution is 2.38. The highest BCUT2D eigenvalue weighted by atomic mass is 79.9. The van der Waals surface area contributed by atoms with Crippen LogP contribution in [0.4, 0.5) is 0 Å². The van der Waals surface area contributed by atoms with E-state index in [1.807, 2.05) is 0 Å². The van der Waals surface area contributed by atoms with Gasteiger partial charge in [0, 0.05) is 10.0 Å². The van der Waals surface area contributed by atoms with E-state index in [4.69, 9.17) is 9.47 Å². The van der Waals surface area contributed by atoms with E-state index in [2.05, 4.69) is 20.9 Å². The highest BCUT2D eigenvalue weighted by molar-refractivity contribution is 9.10. The number of nitrogens with zero attached hydrogens (tertiary/aromatic N) is 1. The van der Waals surface area contributed by atoms with Crippen LogP contribution in [-0.4, -0.2) is 26.6 Å². The number of halogens is 1. The average Bonchev–Trinajstić information content (AvgIpc) is 2.35. The van der Waals surface area contributed by atoms with Gasteiger partial charge in [-0.15, -0.1) is 0 Å². The summed E-state index contributed by atoms with van der Waals surface area (Å²) in [5.41, 5.74) is 0.980. The summed E-state index contributed by atoms with van der Waals surface area (Å²) in [4.78, 5) is 24.5. The van der Waals surface area contributed by atoms with E-state index in [0.717, 1.165) is 0 Å². The molecule has 0 saturated carbocycles. The summed E-state index contributed by atoms with van der Waals surface area (Å²) in [6, 6.07) is 1.66. The van der Waals surface area contributed by atoms with Crippen molar-refractivity contribution in [3.8, 4) is 11.5 Å². The molecule has 90 valence electrons. The van der Waals surface area contributed by atoms with Gasteiger partial charge in [0.05, 0.1) is 26.3 Å². The van der Waals surface area contributed by atoms with E-state index in [9.17, 15) is 9.59 Å². The lowest BCUT2D eigenvalue weighted by Gasteiger charge is -2.14.